The third-order valence-electron chi connectivity index (χ3n) is 4.80. The number of para-hydroxylation sites is 1. The van der Waals surface area contributed by atoms with Crippen molar-refractivity contribution in [3.63, 3.8) is 0 Å². The number of anilines is 1. The maximum atomic E-state index is 13.1. The molecule has 0 radical (unpaired) electrons. The Hall–Kier alpha value is -2.33. The predicted octanol–water partition coefficient (Wildman–Crippen LogP) is 5.66. The van der Waals surface area contributed by atoms with Crippen molar-refractivity contribution in [3.05, 3.63) is 52.0 Å². The normalized spacial score (nSPS) is 13.7. The minimum Gasteiger partial charge on any atom is -0.490 e. The van der Waals surface area contributed by atoms with E-state index in [-0.39, 0.29) is 11.4 Å². The highest BCUT2D eigenvalue weighted by molar-refractivity contribution is 9.10. The van der Waals surface area contributed by atoms with Crippen LogP contribution in [0, 0.1) is 0 Å². The largest absolute Gasteiger partial charge is 0.490 e. The lowest BCUT2D eigenvalue weighted by Gasteiger charge is -2.21. The summed E-state index contributed by atoms with van der Waals surface area (Å²) in [7, 11) is 0. The fourth-order valence-electron chi connectivity index (χ4n) is 3.36. The molecule has 32 heavy (non-hydrogen) atoms. The van der Waals surface area contributed by atoms with Crippen molar-refractivity contribution >= 4 is 44.7 Å². The molecule has 0 aromatic heterocycles. The average molecular weight is 531 g/mol. The van der Waals surface area contributed by atoms with Gasteiger partial charge in [0.25, 0.3) is 5.91 Å². The molecule has 1 aliphatic heterocycles. The van der Waals surface area contributed by atoms with Gasteiger partial charge in [-0.3, -0.25) is 4.79 Å². The minimum atomic E-state index is -4.58. The zero-order valence-corrected chi connectivity index (χ0v) is 19.7. The molecule has 5 nitrogen and oxygen atoms in total. The van der Waals surface area contributed by atoms with Crippen LogP contribution in [-0.2, 0) is 11.0 Å². The quantitative estimate of drug-likeness (QED) is 0.468. The van der Waals surface area contributed by atoms with E-state index in [2.05, 4.69) is 26.1 Å². The van der Waals surface area contributed by atoms with Crippen LogP contribution in [0.2, 0.25) is 0 Å². The molecule has 1 fully saturated rings. The number of benzene rings is 2. The fourth-order valence-corrected chi connectivity index (χ4v) is 4.22. The Kier molecular flexibility index (Phi) is 8.00. The topological polar surface area (TPSA) is 50.8 Å². The number of carbonyl (C=O) groups excluding carboxylic acids is 1. The molecule has 3 rings (SSSR count). The second kappa shape index (κ2) is 10.5. The van der Waals surface area contributed by atoms with Crippen LogP contribution in [0.5, 0.6) is 11.5 Å². The third-order valence-corrected chi connectivity index (χ3v) is 5.89. The zero-order valence-electron chi connectivity index (χ0n) is 17.3. The molecule has 0 unspecified atom stereocenters. The Morgan fingerprint density at radius 2 is 1.88 bits per heavy atom. The summed E-state index contributed by atoms with van der Waals surface area (Å²) >= 11 is 9.04. The lowest BCUT2D eigenvalue weighted by molar-refractivity contribution is -0.137. The maximum Gasteiger partial charge on any atom is 0.418 e. The molecule has 1 amide bonds. The third kappa shape index (κ3) is 5.92. The van der Waals surface area contributed by atoms with Gasteiger partial charge in [-0.05, 0) is 60.0 Å². The van der Waals surface area contributed by atoms with Gasteiger partial charge in [0.05, 0.1) is 22.3 Å². The van der Waals surface area contributed by atoms with Gasteiger partial charge in [0.1, 0.15) is 4.99 Å². The summed E-state index contributed by atoms with van der Waals surface area (Å²) in [5, 5.41) is 2.26. The second-order valence-corrected chi connectivity index (χ2v) is 8.34. The van der Waals surface area contributed by atoms with Crippen molar-refractivity contribution in [2.75, 3.05) is 31.6 Å². The highest BCUT2D eigenvalue weighted by Gasteiger charge is 2.33. The molecule has 0 atom stereocenters. The van der Waals surface area contributed by atoms with E-state index in [1.165, 1.54) is 18.2 Å². The first-order chi connectivity index (χ1) is 15.2. The van der Waals surface area contributed by atoms with E-state index in [0.717, 1.165) is 37.6 Å². The van der Waals surface area contributed by atoms with E-state index < -0.39 is 24.3 Å². The smallest absolute Gasteiger partial charge is 0.418 e. The summed E-state index contributed by atoms with van der Waals surface area (Å²) in [6.45, 7) is 3.47. The summed E-state index contributed by atoms with van der Waals surface area (Å²) in [6, 6.07) is 8.31. The van der Waals surface area contributed by atoms with Gasteiger partial charge < -0.3 is 19.7 Å². The molecular formula is C22H22BrF3N2O3S. The minimum absolute atomic E-state index is 0.277. The molecule has 1 saturated heterocycles. The number of halogens is 4. The van der Waals surface area contributed by atoms with E-state index in [1.54, 1.807) is 12.1 Å². The Labute approximate surface area is 198 Å². The number of thiocarbonyl (C=S) groups is 1. The van der Waals surface area contributed by atoms with Crippen LogP contribution in [0.1, 0.15) is 30.9 Å². The van der Waals surface area contributed by atoms with E-state index in [9.17, 15) is 18.0 Å². The first-order valence-electron chi connectivity index (χ1n) is 10.0. The van der Waals surface area contributed by atoms with Gasteiger partial charge >= 0.3 is 6.18 Å². The van der Waals surface area contributed by atoms with E-state index in [4.69, 9.17) is 21.7 Å². The molecule has 0 aliphatic carbocycles. The van der Waals surface area contributed by atoms with Gasteiger partial charge in [0.15, 0.2) is 18.1 Å². The van der Waals surface area contributed by atoms with Crippen LogP contribution in [0.25, 0.3) is 0 Å². The number of hydrogen-bond donors (Lipinski definition) is 1. The number of nitrogens with zero attached hydrogens (tertiary/aromatic N) is 1. The number of ether oxygens (including phenoxy) is 2. The van der Waals surface area contributed by atoms with Crippen LogP contribution in [-0.4, -0.2) is 42.1 Å². The molecule has 2 aromatic carbocycles. The molecule has 1 N–H and O–H groups in total. The van der Waals surface area contributed by atoms with Crippen molar-refractivity contribution in [2.24, 2.45) is 0 Å². The summed E-state index contributed by atoms with van der Waals surface area (Å²) < 4.78 is 51.2. The molecule has 0 saturated carbocycles. The van der Waals surface area contributed by atoms with Gasteiger partial charge in [0, 0.05) is 18.7 Å². The highest BCUT2D eigenvalue weighted by atomic mass is 79.9. The predicted molar refractivity (Wildman–Crippen MR) is 123 cm³/mol. The number of amides is 1. The molecule has 10 heteroatoms. The lowest BCUT2D eigenvalue weighted by Crippen LogP contribution is -2.26. The van der Waals surface area contributed by atoms with Gasteiger partial charge in [-0.25, -0.2) is 0 Å². The average Bonchev–Trinajstić information content (AvgIpc) is 3.27. The SMILES string of the molecule is CCOc1cc(C(=S)N2CCCC2)cc(Br)c1OCC(=O)Nc1ccccc1C(F)(F)F. The Bertz CT molecular complexity index is 995. The molecule has 1 aliphatic rings. The van der Waals surface area contributed by atoms with Crippen molar-refractivity contribution in [1.29, 1.82) is 0 Å². The van der Waals surface area contributed by atoms with Gasteiger partial charge in [0.2, 0.25) is 0 Å². The van der Waals surface area contributed by atoms with E-state index >= 15 is 0 Å². The first-order valence-corrected chi connectivity index (χ1v) is 11.2. The van der Waals surface area contributed by atoms with Gasteiger partial charge in [-0.15, -0.1) is 0 Å². The van der Waals surface area contributed by atoms with Gasteiger partial charge in [-0.2, -0.15) is 13.2 Å². The lowest BCUT2D eigenvalue weighted by atomic mass is 10.1. The molecule has 172 valence electrons. The zero-order chi connectivity index (χ0) is 23.3. The number of likely N-dealkylation sites (tertiary alicyclic amines) is 1. The van der Waals surface area contributed by atoms with Crippen molar-refractivity contribution in [3.8, 4) is 11.5 Å². The molecule has 0 bridgehead atoms. The highest BCUT2D eigenvalue weighted by Crippen LogP contribution is 2.38. The number of hydrogen-bond acceptors (Lipinski definition) is 4. The first kappa shape index (κ1) is 24.3. The summed E-state index contributed by atoms with van der Waals surface area (Å²) in [5.41, 5.74) is -0.471. The standard InChI is InChI=1S/C22H22BrF3N2O3S/c1-2-30-18-12-14(21(32)28-9-5-6-10-28)11-16(23)20(18)31-13-19(29)27-17-8-4-3-7-15(17)22(24,25)26/h3-4,7-8,11-12H,2,5-6,9-10,13H2,1H3,(H,27,29). The summed E-state index contributed by atoms with van der Waals surface area (Å²) in [5.74, 6) is -0.0614. The van der Waals surface area contributed by atoms with E-state index in [1.807, 2.05) is 6.92 Å². The van der Waals surface area contributed by atoms with Crippen LogP contribution < -0.4 is 14.8 Å². The van der Waals surface area contributed by atoms with Crippen LogP contribution >= 0.6 is 28.1 Å². The van der Waals surface area contributed by atoms with Crippen molar-refractivity contribution < 1.29 is 27.4 Å². The number of alkyl halides is 3. The van der Waals surface area contributed by atoms with Crippen LogP contribution in [0.3, 0.4) is 0 Å². The van der Waals surface area contributed by atoms with Crippen LogP contribution in [0.4, 0.5) is 18.9 Å². The van der Waals surface area contributed by atoms with Crippen molar-refractivity contribution in [2.45, 2.75) is 25.9 Å². The van der Waals surface area contributed by atoms with Crippen molar-refractivity contribution in [1.82, 2.24) is 4.90 Å². The summed E-state index contributed by atoms with van der Waals surface area (Å²) in [6.07, 6.45) is -2.40. The number of nitrogens with one attached hydrogen (secondary N) is 1. The second-order valence-electron chi connectivity index (χ2n) is 7.10. The molecule has 2 aromatic rings. The summed E-state index contributed by atoms with van der Waals surface area (Å²) in [4.78, 5) is 15.1. The maximum absolute atomic E-state index is 13.1. The Balaban J connectivity index is 1.74. The molecule has 1 heterocycles. The molecular weight excluding hydrogens is 509 g/mol. The van der Waals surface area contributed by atoms with E-state index in [0.29, 0.717) is 21.8 Å². The Morgan fingerprint density at radius 1 is 1.19 bits per heavy atom. The monoisotopic (exact) mass is 530 g/mol. The fraction of sp³-hybridized carbons (Fsp3) is 0.364. The molecule has 0 spiro atoms. The number of rotatable bonds is 7. The Morgan fingerprint density at radius 3 is 2.53 bits per heavy atom. The number of carbonyl (C=O) groups is 1. The van der Waals surface area contributed by atoms with Gasteiger partial charge in [-0.1, -0.05) is 24.4 Å². The van der Waals surface area contributed by atoms with Crippen LogP contribution in [0.15, 0.2) is 40.9 Å².